The van der Waals surface area contributed by atoms with Gasteiger partial charge in [0.2, 0.25) is 0 Å². The van der Waals surface area contributed by atoms with Crippen molar-refractivity contribution >= 4 is 57.0 Å². The number of carbonyl (C=O) groups excluding carboxylic acids is 4. The number of unbranched alkanes of at least 4 members (excludes halogenated alkanes) is 1. The maximum Gasteiger partial charge on any atom is 0.269 e. The van der Waals surface area contributed by atoms with Gasteiger partial charge >= 0.3 is 0 Å². The first-order valence-corrected chi connectivity index (χ1v) is 47.9. The smallest absolute Gasteiger partial charge is 0.269 e. The summed E-state index contributed by atoms with van der Waals surface area (Å²) in [6, 6.07) is 69.1. The van der Waals surface area contributed by atoms with Crippen LogP contribution in [0.3, 0.4) is 0 Å². The Morgan fingerprint density at radius 1 is 0.356 bits per heavy atom. The van der Waals surface area contributed by atoms with E-state index in [1.54, 1.807) is 169 Å². The van der Waals surface area contributed by atoms with E-state index in [0.29, 0.717) is 87.2 Å². The number of aryl methyl sites for hydroxylation is 5. The monoisotopic (exact) mass is 1950 g/mol. The molecule has 25 nitrogen and oxygen atoms in total. The van der Waals surface area contributed by atoms with Crippen LogP contribution in [0.25, 0.3) is 146 Å². The number of hydrogen-bond acceptors (Lipinski definition) is 19. The van der Waals surface area contributed by atoms with Gasteiger partial charge in [-0.15, -0.1) is 0 Å². The molecule has 14 aromatic heterocycles. The normalized spacial score (nSPS) is 12.7. The van der Waals surface area contributed by atoms with Crippen molar-refractivity contribution in [3.63, 3.8) is 0 Å². The lowest BCUT2D eigenvalue weighted by molar-refractivity contribution is 0.0371. The van der Waals surface area contributed by atoms with Crippen molar-refractivity contribution in [2.75, 3.05) is 87.2 Å². The Kier molecular flexibility index (Phi) is 29.8. The van der Waals surface area contributed by atoms with Crippen LogP contribution >= 0.6 is 0 Å². The number of likely N-dealkylation sites (N-methyl/N-ethyl adjacent to an activating group) is 1. The summed E-state index contributed by atoms with van der Waals surface area (Å²) in [6.07, 6.45) is 29.1. The molecule has 1 saturated heterocycles. The molecule has 734 valence electrons. The number of imidazole rings is 4. The molecule has 0 spiro atoms. The summed E-state index contributed by atoms with van der Waals surface area (Å²) in [5, 5.41) is 5.89. The van der Waals surface area contributed by atoms with E-state index in [0.717, 1.165) is 188 Å². The number of benzene rings is 6. The van der Waals surface area contributed by atoms with E-state index in [4.69, 9.17) is 13.0 Å². The lowest BCUT2D eigenvalue weighted by atomic mass is 9.98. The SMILES string of the molecule is Cc1cc(-c2ncccc2-c2ccc3ncc(C(=O)CCCCN4CCOCC4)n3c2)ccc1F.Cc1cc(-c2ncccc2-c2ccc3ncc(C(=O)NCCCN(C)C)n3c2)ccc1F.Cc1cc(-c2ncccc2-c2ccc3ncc(C(=O)NCCN(C)C)n3c2)ccc1F.[2H]C([2H])([2H])c1cccc(-c2ncccc2-c2ccc3ncc(C(C)=O)n3c2)c1.[2H]C([2H])([2H])c1cccc(-c2ncccc2-c2ccc3nccnc3c2)c1. The number of pyridine rings is 9. The summed E-state index contributed by atoms with van der Waals surface area (Å²) in [5.74, 6) is -1.03. The number of nitrogens with zero attached hydrogens (tertiary/aromatic N) is 18. The van der Waals surface area contributed by atoms with Gasteiger partial charge in [0.05, 0.1) is 77.5 Å². The molecule has 15 heterocycles. The second-order valence-corrected chi connectivity index (χ2v) is 35.8. The molecule has 2 amide bonds. The summed E-state index contributed by atoms with van der Waals surface area (Å²) >= 11 is 0. The first kappa shape index (κ1) is 92.8. The molecule has 0 unspecified atom stereocenters. The van der Waals surface area contributed by atoms with Crippen LogP contribution in [0.2, 0.25) is 0 Å². The van der Waals surface area contributed by atoms with Crippen LogP contribution in [-0.4, -0.2) is 198 Å². The van der Waals surface area contributed by atoms with Crippen molar-refractivity contribution < 1.29 is 45.3 Å². The maximum atomic E-state index is 13.8. The number of aromatic nitrogens is 15. The van der Waals surface area contributed by atoms with Crippen LogP contribution in [0.5, 0.6) is 0 Å². The Morgan fingerprint density at radius 2 is 0.719 bits per heavy atom. The maximum absolute atomic E-state index is 13.8. The molecular formula is C118H111F3N20O5. The van der Waals surface area contributed by atoms with E-state index in [1.165, 1.54) is 25.1 Å². The number of nitrogens with one attached hydrogen (secondary N) is 2. The van der Waals surface area contributed by atoms with Gasteiger partial charge in [-0.2, -0.15) is 0 Å². The Bertz CT molecular complexity index is 8390. The Hall–Kier alpha value is -16.9. The molecule has 0 aliphatic carbocycles. The Balaban J connectivity index is 0.000000129. The quantitative estimate of drug-likeness (QED) is 0.0377. The highest BCUT2D eigenvalue weighted by molar-refractivity contribution is 5.97. The number of morpholine rings is 1. The molecule has 1 fully saturated rings. The molecule has 0 saturated carbocycles. The lowest BCUT2D eigenvalue weighted by Crippen LogP contribution is -2.36. The molecule has 6 aromatic carbocycles. The predicted molar refractivity (Wildman–Crippen MR) is 569 cm³/mol. The average Bonchev–Trinajstić information content (AvgIpc) is 1.52. The minimum Gasteiger partial charge on any atom is -0.379 e. The molecular weight excluding hydrogens is 1830 g/mol. The molecule has 20 aromatic rings. The summed E-state index contributed by atoms with van der Waals surface area (Å²) in [4.78, 5) is 106. The third-order valence-corrected chi connectivity index (χ3v) is 24.9. The first-order valence-electron chi connectivity index (χ1n) is 50.9. The molecule has 28 heteroatoms. The van der Waals surface area contributed by atoms with Gasteiger partial charge in [-0.3, -0.25) is 76.6 Å². The van der Waals surface area contributed by atoms with Crippen LogP contribution < -0.4 is 10.6 Å². The molecule has 21 rings (SSSR count). The van der Waals surface area contributed by atoms with Crippen molar-refractivity contribution in [1.82, 2.24) is 97.8 Å². The highest BCUT2D eigenvalue weighted by Gasteiger charge is 2.23. The molecule has 0 radical (unpaired) electrons. The molecule has 0 bridgehead atoms. The predicted octanol–water partition coefficient (Wildman–Crippen LogP) is 22.4. The van der Waals surface area contributed by atoms with E-state index in [-0.39, 0.29) is 46.4 Å². The van der Waals surface area contributed by atoms with Crippen LogP contribution in [-0.2, 0) is 4.74 Å². The zero-order valence-electron chi connectivity index (χ0n) is 88.0. The van der Waals surface area contributed by atoms with E-state index in [1.807, 2.05) is 208 Å². The molecule has 0 atom stereocenters. The highest BCUT2D eigenvalue weighted by atomic mass is 19.1. The summed E-state index contributed by atoms with van der Waals surface area (Å²) < 4.78 is 99.8. The van der Waals surface area contributed by atoms with Gasteiger partial charge in [-0.25, -0.2) is 33.1 Å². The number of Topliss-reactive ketones (excluding diaryl/α,β-unsaturated/α-hetero) is 2. The van der Waals surface area contributed by atoms with Crippen molar-refractivity contribution in [2.45, 2.75) is 67.1 Å². The number of hydrogen-bond donors (Lipinski definition) is 2. The number of halogens is 3. The van der Waals surface area contributed by atoms with Crippen molar-refractivity contribution in [3.8, 4) is 112 Å². The zero-order chi connectivity index (χ0) is 107. The van der Waals surface area contributed by atoms with Crippen LogP contribution in [0.4, 0.5) is 13.2 Å². The van der Waals surface area contributed by atoms with Gasteiger partial charge in [-0.05, 0) is 275 Å². The molecule has 146 heavy (non-hydrogen) atoms. The average molecular weight is 1950 g/mol. The third kappa shape index (κ3) is 24.2. The fourth-order valence-electron chi connectivity index (χ4n) is 17.3. The minimum absolute atomic E-state index is 0.0681. The second-order valence-electron chi connectivity index (χ2n) is 35.8. The van der Waals surface area contributed by atoms with E-state index in [9.17, 15) is 32.3 Å². The lowest BCUT2D eigenvalue weighted by Gasteiger charge is -2.26. The van der Waals surface area contributed by atoms with Gasteiger partial charge < -0.3 is 25.2 Å². The second kappa shape index (κ2) is 46.9. The highest BCUT2D eigenvalue weighted by Crippen LogP contribution is 2.39. The Labute approximate surface area is 853 Å². The summed E-state index contributed by atoms with van der Waals surface area (Å²) in [6.45, 7) is 9.73. The molecule has 1 aliphatic heterocycles. The van der Waals surface area contributed by atoms with Crippen LogP contribution in [0, 0.1) is 51.9 Å². The van der Waals surface area contributed by atoms with Crippen molar-refractivity contribution in [2.24, 2.45) is 0 Å². The largest absolute Gasteiger partial charge is 0.379 e. The van der Waals surface area contributed by atoms with Gasteiger partial charge in [-0.1, -0.05) is 83.9 Å². The standard InChI is InChI=1S/C28H29FN4O2.C25H26FN5O.C24H24FN5O.C21H17N3O.C20H15N3/c1-20-17-21(7-9-24(20)29)28-23(5-4-11-30-28)22-8-10-27-31-18-25(33(27)19-22)26(34)6-2-3-12-32-13-15-35-16-14-32;1-17-14-18(7-9-21(17)26)24-20(6-4-11-27-24)19-8-10-23-29-15-22(31(23)16-19)25(32)28-12-5-13-30(2)3;1-16-13-17(6-8-20(16)25)23-19(5-4-10-26-23)18-7-9-22-28-14-21(30(22)15-18)24(31)27-11-12-29(2)3;1-14-5-3-6-16(11-14)21-18(7-4-10-22-21)17-8-9-20-23-12-19(15(2)25)24(20)13-17;1-14-4-2-5-16(12-14)20-17(6-3-9-23-20)15-7-8-18-19(13-15)22-11-10-21-18/h4-5,7-11,17-19H,2-3,6,12-16H2,1H3;4,6-11,14-16H,5,12-13H2,1-3H3,(H,28,32);4-10,13-15H,11-12H2,1-3H3,(H,27,31);3-13H,1-2H3;2-13H,1H3/i;;;2*1D3. The van der Waals surface area contributed by atoms with E-state index >= 15 is 0 Å². The Morgan fingerprint density at radius 3 is 1.12 bits per heavy atom. The van der Waals surface area contributed by atoms with E-state index < -0.39 is 13.7 Å². The number of rotatable bonds is 26. The van der Waals surface area contributed by atoms with Gasteiger partial charge in [0.15, 0.2) is 11.6 Å². The summed E-state index contributed by atoms with van der Waals surface area (Å²) in [7, 11) is 7.93. The van der Waals surface area contributed by atoms with E-state index in [2.05, 4.69) is 75.3 Å². The van der Waals surface area contributed by atoms with Crippen molar-refractivity contribution in [1.29, 1.82) is 0 Å². The van der Waals surface area contributed by atoms with Gasteiger partial charge in [0, 0.05) is 200 Å². The number of ketones is 2. The third-order valence-electron chi connectivity index (χ3n) is 24.9. The van der Waals surface area contributed by atoms with Gasteiger partial charge in [0.25, 0.3) is 11.8 Å². The zero-order valence-corrected chi connectivity index (χ0v) is 82.0. The van der Waals surface area contributed by atoms with Crippen molar-refractivity contribution in [3.05, 3.63) is 392 Å². The number of fused-ring (bicyclic) bond motifs is 5. The number of amides is 2. The fourth-order valence-corrected chi connectivity index (χ4v) is 17.3. The number of carbonyl (C=O) groups is 4. The number of ether oxygens (including phenoxy) is 1. The van der Waals surface area contributed by atoms with Gasteiger partial charge in [0.1, 0.15) is 62.8 Å². The minimum atomic E-state index is -2.18. The fraction of sp³-hybridized carbons (Fsp3) is 0.195. The first-order chi connectivity index (χ1) is 73.3. The molecule has 2 N–H and O–H groups in total. The topological polar surface area (TPSA) is 271 Å². The summed E-state index contributed by atoms with van der Waals surface area (Å²) in [5.41, 5.74) is 25.4. The van der Waals surface area contributed by atoms with Crippen LogP contribution in [0.15, 0.2) is 323 Å². The molecule has 1 aliphatic rings. The van der Waals surface area contributed by atoms with Crippen LogP contribution in [0.1, 0.15) is 111 Å².